The molecule has 0 spiro atoms. The monoisotopic (exact) mass is 344 g/mol. The molecule has 1 atom stereocenters. The number of hydrogen-bond donors (Lipinski definition) is 0. The van der Waals surface area contributed by atoms with E-state index in [-0.39, 0.29) is 5.41 Å². The van der Waals surface area contributed by atoms with Gasteiger partial charge in [0.15, 0.2) is 0 Å². The normalized spacial score (nSPS) is 24.2. The Morgan fingerprint density at radius 3 is 2.50 bits per heavy atom. The van der Waals surface area contributed by atoms with Crippen LogP contribution in [0.2, 0.25) is 0 Å². The Balaban J connectivity index is 1.80. The molecule has 0 aromatic heterocycles. The van der Waals surface area contributed by atoms with Gasteiger partial charge in [0, 0.05) is 0 Å². The van der Waals surface area contributed by atoms with Gasteiger partial charge in [0.25, 0.3) is 0 Å². The summed E-state index contributed by atoms with van der Waals surface area (Å²) in [6.45, 7) is 18.9. The Bertz CT molecular complexity index is 816. The molecule has 3 rings (SSSR count). The molecule has 0 unspecified atom stereocenters. The van der Waals surface area contributed by atoms with E-state index >= 15 is 0 Å². The molecule has 26 heavy (non-hydrogen) atoms. The molecule has 1 aromatic rings. The van der Waals surface area contributed by atoms with Gasteiger partial charge in [-0.3, -0.25) is 0 Å². The molecule has 2 aliphatic rings. The molecule has 2 heterocycles. The third-order valence-corrected chi connectivity index (χ3v) is 5.64. The number of likely N-dealkylation sites (tertiary alicyclic amines) is 1. The maximum atomic E-state index is 4.11. The van der Waals surface area contributed by atoms with Gasteiger partial charge in [-0.15, -0.1) is 0 Å². The van der Waals surface area contributed by atoms with Gasteiger partial charge in [-0.2, -0.15) is 0 Å². The van der Waals surface area contributed by atoms with Crippen molar-refractivity contribution in [3.63, 3.8) is 0 Å². The fourth-order valence-electron chi connectivity index (χ4n) is 3.81. The molecule has 134 valence electrons. The van der Waals surface area contributed by atoms with Gasteiger partial charge in [0.2, 0.25) is 0 Å². The molecule has 2 aliphatic heterocycles. The summed E-state index contributed by atoms with van der Waals surface area (Å²) in [5, 5.41) is 0. The molecule has 1 fully saturated rings. The number of allylic oxidation sites excluding steroid dienone is 3. The SMILES string of the molecule is C=C(C)C(=C)B=C1C(C)=CC(N2CC[C@](C)(c3ccccc3)C2)=CN1C. The number of rotatable bonds is 4. The molecule has 1 aromatic carbocycles. The first-order chi connectivity index (χ1) is 12.3. The zero-order chi connectivity index (χ0) is 18.9. The van der Waals surface area contributed by atoms with Crippen molar-refractivity contribution in [2.24, 2.45) is 0 Å². The first kappa shape index (κ1) is 18.5. The summed E-state index contributed by atoms with van der Waals surface area (Å²) in [5.74, 6) is 0. The van der Waals surface area contributed by atoms with Crippen molar-refractivity contribution in [1.82, 2.24) is 9.80 Å². The standard InChI is InChI=1S/C23H29BN2/c1-17(2)19(4)24-22-18(3)14-21(15-25(22)6)26-13-12-23(5,16-26)20-10-8-7-9-11-20/h7-11,14-15H,1,4,12-13,16H2,2-3,5-6H3/t23-/m0/s1. The van der Waals surface area contributed by atoms with Crippen LogP contribution in [0.4, 0.5) is 0 Å². The molecule has 0 bridgehead atoms. The third kappa shape index (κ3) is 3.62. The number of nitrogens with zero attached hydrogens (tertiary/aromatic N) is 2. The summed E-state index contributed by atoms with van der Waals surface area (Å²) in [6, 6.07) is 10.9. The Labute approximate surface area is 159 Å². The van der Waals surface area contributed by atoms with Gasteiger partial charge >= 0.3 is 159 Å². The first-order valence-electron chi connectivity index (χ1n) is 9.30. The molecule has 3 heteroatoms. The summed E-state index contributed by atoms with van der Waals surface area (Å²) in [5.41, 5.74) is 7.38. The molecule has 2 nitrogen and oxygen atoms in total. The molecule has 1 saturated heterocycles. The molecule has 0 N–H and O–H groups in total. The minimum absolute atomic E-state index is 0.215. The minimum atomic E-state index is 0.215. The number of benzene rings is 1. The van der Waals surface area contributed by atoms with Crippen LogP contribution in [0.25, 0.3) is 0 Å². The topological polar surface area (TPSA) is 6.48 Å². The second kappa shape index (κ2) is 7.15. The number of hydrogen-bond acceptors (Lipinski definition) is 2. The van der Waals surface area contributed by atoms with E-state index in [1.165, 1.54) is 28.8 Å². The van der Waals surface area contributed by atoms with Gasteiger partial charge in [0.1, 0.15) is 0 Å². The summed E-state index contributed by atoms with van der Waals surface area (Å²) >= 11 is 0. The van der Waals surface area contributed by atoms with Crippen molar-refractivity contribution in [3.8, 4) is 0 Å². The Morgan fingerprint density at radius 1 is 1.19 bits per heavy atom. The van der Waals surface area contributed by atoms with Crippen molar-refractivity contribution in [1.29, 1.82) is 0 Å². The summed E-state index contributed by atoms with van der Waals surface area (Å²) in [4.78, 5) is 4.72. The molecule has 0 amide bonds. The zero-order valence-corrected chi connectivity index (χ0v) is 16.5. The van der Waals surface area contributed by atoms with Crippen LogP contribution in [0.15, 0.2) is 78.1 Å². The average Bonchev–Trinajstić information content (AvgIpc) is 3.02. The Morgan fingerprint density at radius 2 is 1.88 bits per heavy atom. The van der Waals surface area contributed by atoms with Gasteiger partial charge in [-0.25, -0.2) is 0 Å². The van der Waals surface area contributed by atoms with E-state index in [1.807, 2.05) is 6.92 Å². The van der Waals surface area contributed by atoms with Crippen LogP contribution in [-0.4, -0.2) is 42.4 Å². The van der Waals surface area contributed by atoms with E-state index in [1.54, 1.807) is 0 Å². The molecule has 0 aliphatic carbocycles. The zero-order valence-electron chi connectivity index (χ0n) is 16.5. The maximum absolute atomic E-state index is 4.11. The predicted octanol–water partition coefficient (Wildman–Crippen LogP) is 4.31. The molecule has 0 radical (unpaired) electrons. The van der Waals surface area contributed by atoms with Gasteiger partial charge in [0.05, 0.1) is 0 Å². The molecule has 0 saturated carbocycles. The predicted molar refractivity (Wildman–Crippen MR) is 114 cm³/mol. The van der Waals surface area contributed by atoms with Gasteiger partial charge in [-0.05, 0) is 0 Å². The summed E-state index contributed by atoms with van der Waals surface area (Å²) in [7, 11) is 2.11. The Hall–Kier alpha value is -2.29. The third-order valence-electron chi connectivity index (χ3n) is 5.64. The number of likely N-dealkylation sites (N-methyl/N-ethyl adjacent to an activating group) is 1. The van der Waals surface area contributed by atoms with Crippen LogP contribution in [0.3, 0.4) is 0 Å². The first-order valence-corrected chi connectivity index (χ1v) is 9.30. The van der Waals surface area contributed by atoms with Crippen LogP contribution in [0.1, 0.15) is 32.8 Å². The van der Waals surface area contributed by atoms with E-state index in [4.69, 9.17) is 0 Å². The fourth-order valence-corrected chi connectivity index (χ4v) is 3.81. The van der Waals surface area contributed by atoms with Crippen LogP contribution in [0, 0.1) is 0 Å². The van der Waals surface area contributed by atoms with E-state index in [0.717, 1.165) is 24.1 Å². The van der Waals surface area contributed by atoms with Crippen LogP contribution in [-0.2, 0) is 5.41 Å². The second-order valence-corrected chi connectivity index (χ2v) is 7.93. The van der Waals surface area contributed by atoms with Gasteiger partial charge in [-0.1, -0.05) is 0 Å². The molecular formula is C23H29BN2. The fraction of sp³-hybridized carbons (Fsp3) is 0.348. The molecular weight excluding hydrogens is 315 g/mol. The van der Waals surface area contributed by atoms with E-state index in [0.29, 0.717) is 0 Å². The average molecular weight is 344 g/mol. The van der Waals surface area contributed by atoms with Gasteiger partial charge < -0.3 is 0 Å². The Kier molecular flexibility index (Phi) is 5.09. The van der Waals surface area contributed by atoms with Crippen LogP contribution in [0.5, 0.6) is 0 Å². The van der Waals surface area contributed by atoms with E-state index in [9.17, 15) is 0 Å². The van der Waals surface area contributed by atoms with Crippen molar-refractivity contribution in [2.45, 2.75) is 32.6 Å². The van der Waals surface area contributed by atoms with E-state index < -0.39 is 0 Å². The van der Waals surface area contributed by atoms with Crippen molar-refractivity contribution >= 4 is 12.5 Å². The van der Waals surface area contributed by atoms with E-state index in [2.05, 4.69) is 93.4 Å². The van der Waals surface area contributed by atoms with Crippen LogP contribution >= 0.6 is 0 Å². The summed E-state index contributed by atoms with van der Waals surface area (Å²) < 4.78 is 0. The van der Waals surface area contributed by atoms with Crippen LogP contribution < -0.4 is 0 Å². The van der Waals surface area contributed by atoms with Crippen molar-refractivity contribution in [2.75, 3.05) is 20.1 Å². The quantitative estimate of drug-likeness (QED) is 0.593. The second-order valence-electron chi connectivity index (χ2n) is 7.93. The van der Waals surface area contributed by atoms with Crippen molar-refractivity contribution < 1.29 is 0 Å². The summed E-state index contributed by atoms with van der Waals surface area (Å²) in [6.07, 6.45) is 5.72. The van der Waals surface area contributed by atoms with Crippen molar-refractivity contribution in [3.05, 3.63) is 83.6 Å².